The predicted molar refractivity (Wildman–Crippen MR) is 85.4 cm³/mol. The zero-order chi connectivity index (χ0) is 16.7. The average molecular weight is 409 g/mol. The standard InChI is InChI=1S/C14H15BrClNO6/c15-5-1-2-7-6(3-5)9(16)13(17-7)23-14-12(21)11(20)10(19)8(4-18)22-14/h1-3,8,10-12,14,17-21H,4H2/t8-,10+,11+,12-,14+/m1/s1. The molecular weight excluding hydrogens is 394 g/mol. The minimum absolute atomic E-state index is 0.157. The van der Waals surface area contributed by atoms with Gasteiger partial charge in [-0.3, -0.25) is 0 Å². The Labute approximate surface area is 144 Å². The molecule has 1 aromatic carbocycles. The lowest BCUT2D eigenvalue weighted by atomic mass is 9.99. The molecule has 0 saturated carbocycles. The first-order valence-corrected chi connectivity index (χ1v) is 8.03. The summed E-state index contributed by atoms with van der Waals surface area (Å²) < 4.78 is 11.6. The molecule has 5 atom stereocenters. The number of halogens is 2. The maximum absolute atomic E-state index is 9.99. The number of rotatable bonds is 3. The Kier molecular flexibility index (Phi) is 4.84. The molecule has 1 aliphatic rings. The Balaban J connectivity index is 1.87. The Hall–Kier alpha value is -0.870. The van der Waals surface area contributed by atoms with E-state index in [1.54, 1.807) is 12.1 Å². The fourth-order valence-electron chi connectivity index (χ4n) is 2.47. The molecule has 1 aromatic heterocycles. The van der Waals surface area contributed by atoms with Crippen molar-refractivity contribution in [1.82, 2.24) is 4.98 Å². The summed E-state index contributed by atoms with van der Waals surface area (Å²) >= 11 is 9.60. The molecule has 7 nitrogen and oxygen atoms in total. The van der Waals surface area contributed by atoms with Crippen molar-refractivity contribution in [1.29, 1.82) is 0 Å². The molecule has 5 N–H and O–H groups in total. The number of hydrogen-bond donors (Lipinski definition) is 5. The predicted octanol–water partition coefficient (Wildman–Crippen LogP) is 0.762. The van der Waals surface area contributed by atoms with Crippen LogP contribution in [-0.2, 0) is 4.74 Å². The lowest BCUT2D eigenvalue weighted by Crippen LogP contribution is -2.60. The molecule has 2 heterocycles. The summed E-state index contributed by atoms with van der Waals surface area (Å²) in [6.45, 7) is -0.530. The number of fused-ring (bicyclic) bond motifs is 1. The smallest absolute Gasteiger partial charge is 0.231 e. The van der Waals surface area contributed by atoms with E-state index in [1.165, 1.54) is 0 Å². The van der Waals surface area contributed by atoms with Gasteiger partial charge < -0.3 is 34.9 Å². The van der Waals surface area contributed by atoms with Gasteiger partial charge in [0.25, 0.3) is 0 Å². The van der Waals surface area contributed by atoms with Crippen LogP contribution in [-0.4, -0.2) is 62.7 Å². The number of nitrogens with one attached hydrogen (secondary N) is 1. The zero-order valence-corrected chi connectivity index (χ0v) is 14.0. The molecule has 9 heteroatoms. The average Bonchev–Trinajstić information content (AvgIpc) is 2.84. The first-order chi connectivity index (χ1) is 10.9. The van der Waals surface area contributed by atoms with Crippen LogP contribution in [0.4, 0.5) is 0 Å². The molecule has 23 heavy (non-hydrogen) atoms. The van der Waals surface area contributed by atoms with Gasteiger partial charge in [0, 0.05) is 15.4 Å². The third-order valence-corrected chi connectivity index (χ3v) is 4.62. The molecule has 126 valence electrons. The van der Waals surface area contributed by atoms with Crippen LogP contribution in [0, 0.1) is 0 Å². The van der Waals surface area contributed by atoms with Gasteiger partial charge in [0.15, 0.2) is 0 Å². The number of aliphatic hydroxyl groups is 4. The van der Waals surface area contributed by atoms with E-state index in [2.05, 4.69) is 20.9 Å². The third kappa shape index (κ3) is 3.08. The van der Waals surface area contributed by atoms with E-state index in [4.69, 9.17) is 21.1 Å². The minimum atomic E-state index is -1.51. The Bertz CT molecular complexity index is 708. The number of aromatic amines is 1. The van der Waals surface area contributed by atoms with Crippen molar-refractivity contribution < 1.29 is 29.9 Å². The van der Waals surface area contributed by atoms with E-state index >= 15 is 0 Å². The van der Waals surface area contributed by atoms with Crippen molar-refractivity contribution in [3.8, 4) is 5.88 Å². The minimum Gasteiger partial charge on any atom is -0.445 e. The lowest BCUT2D eigenvalue weighted by Gasteiger charge is -2.39. The molecule has 1 saturated heterocycles. The number of aromatic nitrogens is 1. The van der Waals surface area contributed by atoms with Gasteiger partial charge in [-0.25, -0.2) is 0 Å². The van der Waals surface area contributed by atoms with Crippen molar-refractivity contribution in [2.75, 3.05) is 6.61 Å². The van der Waals surface area contributed by atoms with Crippen molar-refractivity contribution in [3.05, 3.63) is 27.7 Å². The van der Waals surface area contributed by atoms with E-state index in [-0.39, 0.29) is 5.88 Å². The van der Waals surface area contributed by atoms with Crippen molar-refractivity contribution in [2.24, 2.45) is 0 Å². The van der Waals surface area contributed by atoms with Gasteiger partial charge in [0.1, 0.15) is 29.4 Å². The Morgan fingerprint density at radius 2 is 1.96 bits per heavy atom. The molecule has 0 spiro atoms. The second-order valence-electron chi connectivity index (χ2n) is 5.27. The molecular formula is C14H15BrClNO6. The first kappa shape index (κ1) is 17.0. The lowest BCUT2D eigenvalue weighted by molar-refractivity contribution is -0.278. The highest BCUT2D eigenvalue weighted by molar-refractivity contribution is 9.10. The number of ether oxygens (including phenoxy) is 2. The highest BCUT2D eigenvalue weighted by Crippen LogP contribution is 2.36. The molecule has 2 aromatic rings. The van der Waals surface area contributed by atoms with Crippen LogP contribution >= 0.6 is 27.5 Å². The second kappa shape index (κ2) is 6.56. The Morgan fingerprint density at radius 3 is 2.65 bits per heavy atom. The summed E-state index contributed by atoms with van der Waals surface area (Å²) in [4.78, 5) is 2.95. The zero-order valence-electron chi connectivity index (χ0n) is 11.7. The highest BCUT2D eigenvalue weighted by Gasteiger charge is 2.45. The van der Waals surface area contributed by atoms with E-state index in [1.807, 2.05) is 6.07 Å². The fourth-order valence-corrected chi connectivity index (χ4v) is 3.08. The number of H-pyrrole nitrogens is 1. The summed E-state index contributed by atoms with van der Waals surface area (Å²) in [6.07, 6.45) is -6.79. The van der Waals surface area contributed by atoms with Crippen LogP contribution in [0.2, 0.25) is 5.02 Å². The molecule has 0 radical (unpaired) electrons. The van der Waals surface area contributed by atoms with E-state index in [9.17, 15) is 20.4 Å². The Morgan fingerprint density at radius 1 is 1.22 bits per heavy atom. The maximum atomic E-state index is 9.99. The van der Waals surface area contributed by atoms with Crippen molar-refractivity contribution in [2.45, 2.75) is 30.7 Å². The van der Waals surface area contributed by atoms with Crippen LogP contribution in [0.3, 0.4) is 0 Å². The van der Waals surface area contributed by atoms with E-state index in [0.717, 1.165) is 9.99 Å². The number of hydrogen-bond acceptors (Lipinski definition) is 6. The monoisotopic (exact) mass is 407 g/mol. The molecule has 0 bridgehead atoms. The fraction of sp³-hybridized carbons (Fsp3) is 0.429. The summed E-state index contributed by atoms with van der Waals surface area (Å²) in [5, 5.41) is 39.7. The molecule has 0 aliphatic carbocycles. The van der Waals surface area contributed by atoms with Crippen LogP contribution < -0.4 is 4.74 Å². The van der Waals surface area contributed by atoms with Gasteiger partial charge in [-0.05, 0) is 18.2 Å². The number of aliphatic hydroxyl groups excluding tert-OH is 4. The summed E-state index contributed by atoms with van der Waals surface area (Å²) in [6, 6.07) is 5.42. The second-order valence-corrected chi connectivity index (χ2v) is 6.57. The largest absolute Gasteiger partial charge is 0.445 e. The number of benzene rings is 1. The summed E-state index contributed by atoms with van der Waals surface area (Å²) in [7, 11) is 0. The van der Waals surface area contributed by atoms with E-state index in [0.29, 0.717) is 10.4 Å². The van der Waals surface area contributed by atoms with Gasteiger partial charge in [-0.1, -0.05) is 27.5 Å². The SMILES string of the molecule is OC[C@H]1O[C@@H](Oc2[nH]c3ccc(Br)cc3c2Cl)[C@H](O)[C@@H](O)[C@H]1O. The third-order valence-electron chi connectivity index (χ3n) is 3.75. The maximum Gasteiger partial charge on any atom is 0.231 e. The van der Waals surface area contributed by atoms with Gasteiger partial charge in [-0.2, -0.15) is 0 Å². The van der Waals surface area contributed by atoms with Crippen LogP contribution in [0.15, 0.2) is 22.7 Å². The van der Waals surface area contributed by atoms with Crippen molar-refractivity contribution >= 4 is 38.4 Å². The van der Waals surface area contributed by atoms with Crippen molar-refractivity contribution in [3.63, 3.8) is 0 Å². The molecule has 1 aliphatic heterocycles. The van der Waals surface area contributed by atoms with Gasteiger partial charge in [0.2, 0.25) is 12.2 Å². The quantitative estimate of drug-likeness (QED) is 0.512. The van der Waals surface area contributed by atoms with E-state index < -0.39 is 37.3 Å². The van der Waals surface area contributed by atoms with Gasteiger partial charge in [-0.15, -0.1) is 0 Å². The molecule has 1 fully saturated rings. The van der Waals surface area contributed by atoms with Crippen LogP contribution in [0.1, 0.15) is 0 Å². The first-order valence-electron chi connectivity index (χ1n) is 6.86. The summed E-state index contributed by atoms with van der Waals surface area (Å²) in [5.41, 5.74) is 0.720. The topological polar surface area (TPSA) is 115 Å². The molecule has 0 unspecified atom stereocenters. The highest BCUT2D eigenvalue weighted by atomic mass is 79.9. The molecule has 0 amide bonds. The molecule has 3 rings (SSSR count). The van der Waals surface area contributed by atoms with Gasteiger partial charge in [0.05, 0.1) is 6.61 Å². The van der Waals surface area contributed by atoms with Crippen LogP contribution in [0.25, 0.3) is 10.9 Å². The van der Waals surface area contributed by atoms with Gasteiger partial charge >= 0.3 is 0 Å². The summed E-state index contributed by atoms with van der Waals surface area (Å²) in [5.74, 6) is 0.157. The normalized spacial score (nSPS) is 31.5. The van der Waals surface area contributed by atoms with Crippen LogP contribution in [0.5, 0.6) is 5.88 Å².